The molecule has 9 rings (SSSR count). The van der Waals surface area contributed by atoms with Crippen molar-refractivity contribution in [2.75, 3.05) is 30.8 Å². The average Bonchev–Trinajstić information content (AvgIpc) is 4.16. The number of benzene rings is 2. The van der Waals surface area contributed by atoms with Gasteiger partial charge in [0.1, 0.15) is 23.7 Å². The number of pyridine rings is 1. The lowest BCUT2D eigenvalue weighted by molar-refractivity contribution is -0.144. The maximum atomic E-state index is 14.8. The molecule has 2 aromatic carbocycles. The minimum absolute atomic E-state index is 0.0262. The number of β-amino-alcohol motifs (C(OH)–C–C–N with tert-alkyl or cyclic N) is 1. The minimum atomic E-state index is -0.970. The third kappa shape index (κ3) is 9.02. The van der Waals surface area contributed by atoms with Crippen molar-refractivity contribution >= 4 is 46.5 Å². The first-order valence-electron chi connectivity index (χ1n) is 23.2. The number of halogens is 1. The van der Waals surface area contributed by atoms with E-state index in [0.29, 0.717) is 54.1 Å². The van der Waals surface area contributed by atoms with Crippen LogP contribution in [0, 0.1) is 24.1 Å². The third-order valence-electron chi connectivity index (χ3n) is 14.1. The van der Waals surface area contributed by atoms with Gasteiger partial charge in [-0.3, -0.25) is 23.9 Å². The lowest BCUT2D eigenvalue weighted by atomic mass is 9.85. The van der Waals surface area contributed by atoms with E-state index in [9.17, 15) is 28.7 Å². The van der Waals surface area contributed by atoms with Crippen molar-refractivity contribution in [3.8, 4) is 21.6 Å². The SMILES string of the molecule is Cc1ncsc1-c1ccc([C@H](C)NC(=O)[C@@H]2C[C@@H](O)CN2C(=O)[C@@H](NC(=O)C2CCC(n3cc4c(n3)CN(C)C(=O)c3ccc(F)cc3[C@H]3CCCN3c3cc-4cnc3N)C2)C(C)(C)C)cc1. The molecular formula is C50H59FN10O5S. The summed E-state index contributed by atoms with van der Waals surface area (Å²) >= 11 is 1.57. The molecule has 17 heteroatoms. The van der Waals surface area contributed by atoms with Gasteiger partial charge >= 0.3 is 0 Å². The standard InChI is InChI=1S/C50H59FN10O5S/c1-27(29-9-11-30(12-10-29)43-28(2)54-26-67-43)55-47(64)42-21-35(62)23-60(42)49(66)44(50(3,4)5)56-46(63)31-13-15-34(18-31)61-24-38-32-19-41(45(52)53-22-32)59-17-7-8-40(59)37-20-33(51)14-16-36(37)48(65)58(6)25-39(38)57-61/h9-12,14,16,19-20,22,24,26-27,31,34-35,40,42,44,62H,7-8,13,15,17-18,21,23,25H2,1-6H3,(H2,52,53)(H,55,64)(H,56,63)/t27-,31?,34?,35+,40+,42-,44+/m0/s1. The van der Waals surface area contributed by atoms with Crippen LogP contribution in [0.5, 0.6) is 0 Å². The van der Waals surface area contributed by atoms with Crippen molar-refractivity contribution in [3.63, 3.8) is 0 Å². The number of fused-ring (bicyclic) bond motifs is 8. The zero-order valence-electron chi connectivity index (χ0n) is 38.8. The summed E-state index contributed by atoms with van der Waals surface area (Å²) in [4.78, 5) is 71.9. The first-order valence-corrected chi connectivity index (χ1v) is 24.1. The van der Waals surface area contributed by atoms with Crippen LogP contribution in [0.4, 0.5) is 15.9 Å². The van der Waals surface area contributed by atoms with Crippen molar-refractivity contribution in [2.45, 2.75) is 116 Å². The molecule has 15 nitrogen and oxygen atoms in total. The number of amides is 4. The van der Waals surface area contributed by atoms with Gasteiger partial charge in [0.05, 0.1) is 58.2 Å². The van der Waals surface area contributed by atoms with Crippen LogP contribution in [0.25, 0.3) is 21.6 Å². The van der Waals surface area contributed by atoms with Crippen LogP contribution in [-0.4, -0.2) is 96.6 Å². The van der Waals surface area contributed by atoms with Gasteiger partial charge in [-0.05, 0) is 92.3 Å². The molecule has 3 aliphatic heterocycles. The predicted octanol–water partition coefficient (Wildman–Crippen LogP) is 6.74. The molecule has 0 spiro atoms. The van der Waals surface area contributed by atoms with E-state index in [1.165, 1.54) is 17.0 Å². The number of carbonyl (C=O) groups is 4. The van der Waals surface area contributed by atoms with Crippen LogP contribution >= 0.6 is 11.3 Å². The number of nitrogen functional groups attached to an aromatic ring is 1. The summed E-state index contributed by atoms with van der Waals surface area (Å²) < 4.78 is 16.7. The Hall–Kier alpha value is -6.20. The van der Waals surface area contributed by atoms with Crippen molar-refractivity contribution in [1.29, 1.82) is 0 Å². The number of likely N-dealkylation sites (tertiary alicyclic amines) is 1. The summed E-state index contributed by atoms with van der Waals surface area (Å²) in [7, 11) is 1.72. The predicted molar refractivity (Wildman–Crippen MR) is 254 cm³/mol. The molecule has 2 bridgehead atoms. The number of nitrogens with zero attached hydrogens (tertiary/aromatic N) is 7. The van der Waals surface area contributed by atoms with Gasteiger partial charge in [-0.15, -0.1) is 11.3 Å². The Labute approximate surface area is 394 Å². The number of hydrogen-bond donors (Lipinski definition) is 4. The molecule has 1 saturated carbocycles. The molecule has 2 saturated heterocycles. The number of rotatable bonds is 8. The second-order valence-corrected chi connectivity index (χ2v) is 20.7. The zero-order chi connectivity index (χ0) is 47.5. The summed E-state index contributed by atoms with van der Waals surface area (Å²) in [6, 6.07) is 11.6. The van der Waals surface area contributed by atoms with Gasteiger partial charge in [0, 0.05) is 61.6 Å². The normalized spacial score (nSPS) is 22.6. The fourth-order valence-electron chi connectivity index (χ4n) is 10.4. The number of thiazole rings is 1. The largest absolute Gasteiger partial charge is 0.391 e. The molecule has 1 aliphatic carbocycles. The smallest absolute Gasteiger partial charge is 0.254 e. The fraction of sp³-hybridized carbons (Fsp3) is 0.460. The number of carbonyl (C=O) groups excluding carboxylic acids is 4. The number of hydrogen-bond acceptors (Lipinski definition) is 11. The molecule has 2 unspecified atom stereocenters. The van der Waals surface area contributed by atoms with E-state index >= 15 is 0 Å². The highest BCUT2D eigenvalue weighted by molar-refractivity contribution is 7.13. The van der Waals surface area contributed by atoms with E-state index in [1.54, 1.807) is 35.5 Å². The van der Waals surface area contributed by atoms with E-state index < -0.39 is 41.2 Å². The number of aliphatic hydroxyl groups is 1. The monoisotopic (exact) mass is 930 g/mol. The number of aryl methyl sites for hydroxylation is 1. The highest BCUT2D eigenvalue weighted by Crippen LogP contribution is 2.43. The van der Waals surface area contributed by atoms with Crippen LogP contribution in [0.3, 0.4) is 0 Å². The van der Waals surface area contributed by atoms with Crippen molar-refractivity contribution in [3.05, 3.63) is 100 Å². The van der Waals surface area contributed by atoms with Crippen LogP contribution < -0.4 is 21.3 Å². The van der Waals surface area contributed by atoms with Crippen LogP contribution in [-0.2, 0) is 20.9 Å². The van der Waals surface area contributed by atoms with Gasteiger partial charge in [0.2, 0.25) is 17.7 Å². The Morgan fingerprint density at radius 2 is 1.75 bits per heavy atom. The van der Waals surface area contributed by atoms with Crippen LogP contribution in [0.15, 0.2) is 66.4 Å². The average molecular weight is 931 g/mol. The van der Waals surface area contributed by atoms with Crippen molar-refractivity contribution in [2.24, 2.45) is 11.3 Å². The molecule has 5 N–H and O–H groups in total. The van der Waals surface area contributed by atoms with E-state index in [1.807, 2.05) is 81.3 Å². The number of aromatic nitrogens is 4. The Kier molecular flexibility index (Phi) is 12.4. The summed E-state index contributed by atoms with van der Waals surface area (Å²) in [5, 5.41) is 22.0. The Balaban J connectivity index is 0.905. The Morgan fingerprint density at radius 1 is 0.970 bits per heavy atom. The van der Waals surface area contributed by atoms with E-state index in [4.69, 9.17) is 10.8 Å². The maximum Gasteiger partial charge on any atom is 0.254 e. The topological polar surface area (TPSA) is 192 Å². The first kappa shape index (κ1) is 45.9. The number of nitrogens with two attached hydrogens (primary N) is 1. The minimum Gasteiger partial charge on any atom is -0.391 e. The van der Waals surface area contributed by atoms with Gasteiger partial charge in [-0.2, -0.15) is 5.10 Å². The van der Waals surface area contributed by atoms with Gasteiger partial charge < -0.3 is 36.2 Å². The lowest BCUT2D eigenvalue weighted by Gasteiger charge is -2.36. The first-order chi connectivity index (χ1) is 31.9. The molecule has 352 valence electrons. The van der Waals surface area contributed by atoms with Gasteiger partial charge in [0.15, 0.2) is 0 Å². The zero-order valence-corrected chi connectivity index (χ0v) is 39.6. The summed E-state index contributed by atoms with van der Waals surface area (Å²) in [6.07, 6.45) is 6.08. The van der Waals surface area contributed by atoms with Crippen LogP contribution in [0.1, 0.15) is 117 Å². The molecule has 4 amide bonds. The molecule has 3 fully saturated rings. The molecule has 7 atom stereocenters. The molecule has 3 aromatic heterocycles. The summed E-state index contributed by atoms with van der Waals surface area (Å²) in [5.74, 6) is -1.79. The number of anilines is 2. The van der Waals surface area contributed by atoms with Gasteiger partial charge in [-0.1, -0.05) is 45.0 Å². The van der Waals surface area contributed by atoms with Gasteiger partial charge in [0.25, 0.3) is 5.91 Å². The maximum absolute atomic E-state index is 14.8. The second-order valence-electron chi connectivity index (χ2n) is 19.8. The molecule has 6 heterocycles. The van der Waals surface area contributed by atoms with E-state index in [-0.39, 0.29) is 55.4 Å². The molecular weight excluding hydrogens is 872 g/mol. The lowest BCUT2D eigenvalue weighted by Crippen LogP contribution is -2.58. The third-order valence-corrected chi connectivity index (χ3v) is 15.1. The van der Waals surface area contributed by atoms with Gasteiger partial charge in [-0.25, -0.2) is 14.4 Å². The summed E-state index contributed by atoms with van der Waals surface area (Å²) in [6.45, 7) is 10.3. The number of aliphatic hydroxyl groups excluding tert-OH is 1. The molecule has 0 radical (unpaired) electrons. The summed E-state index contributed by atoms with van der Waals surface area (Å²) in [5.41, 5.74) is 14.5. The second kappa shape index (κ2) is 18.1. The van der Waals surface area contributed by atoms with Crippen LogP contribution in [0.2, 0.25) is 0 Å². The highest BCUT2D eigenvalue weighted by Gasteiger charge is 2.46. The molecule has 5 aromatic rings. The van der Waals surface area contributed by atoms with E-state index in [2.05, 4.69) is 25.5 Å². The number of nitrogens with one attached hydrogen (secondary N) is 2. The van der Waals surface area contributed by atoms with Crippen molar-refractivity contribution < 1.29 is 28.7 Å². The quantitative estimate of drug-likeness (QED) is 0.130. The Morgan fingerprint density at radius 3 is 2.48 bits per heavy atom. The fourth-order valence-corrected chi connectivity index (χ4v) is 11.2. The van der Waals surface area contributed by atoms with Crippen molar-refractivity contribution in [1.82, 2.24) is 40.2 Å². The highest BCUT2D eigenvalue weighted by atomic mass is 32.1. The Bertz CT molecular complexity index is 2710. The molecule has 67 heavy (non-hydrogen) atoms. The van der Waals surface area contributed by atoms with E-state index in [0.717, 1.165) is 45.7 Å². The molecule has 4 aliphatic rings.